The second-order valence-corrected chi connectivity index (χ2v) is 6.05. The minimum absolute atomic E-state index is 0.205. The number of rotatable bonds is 3. The third kappa shape index (κ3) is 3.41. The second kappa shape index (κ2) is 6.23. The van der Waals surface area contributed by atoms with E-state index in [-0.39, 0.29) is 12.5 Å². The lowest BCUT2D eigenvalue weighted by Crippen LogP contribution is -2.46. The van der Waals surface area contributed by atoms with Crippen molar-refractivity contribution in [3.05, 3.63) is 70.8 Å². The number of aryl methyl sites for hydroxylation is 1. The van der Waals surface area contributed by atoms with Gasteiger partial charge in [0.15, 0.2) is 0 Å². The van der Waals surface area contributed by atoms with E-state index >= 15 is 0 Å². The van der Waals surface area contributed by atoms with Gasteiger partial charge in [-0.1, -0.05) is 30.3 Å². The maximum Gasteiger partial charge on any atom is 0.251 e. The zero-order chi connectivity index (χ0) is 16.3. The summed E-state index contributed by atoms with van der Waals surface area (Å²) in [5, 5.41) is 22.4. The predicted octanol–water partition coefficient (Wildman–Crippen LogP) is 2.21. The highest BCUT2D eigenvalue weighted by Crippen LogP contribution is 2.28. The monoisotopic (exact) mass is 306 g/mol. The molecule has 1 aliphatic rings. The molecule has 0 heterocycles. The fourth-order valence-electron chi connectivity index (χ4n) is 3.01. The van der Waals surface area contributed by atoms with Gasteiger partial charge >= 0.3 is 0 Å². The van der Waals surface area contributed by atoms with Crippen LogP contribution in [-0.4, -0.2) is 23.2 Å². The topological polar surface area (TPSA) is 73.1 Å². The number of benzene rings is 2. The number of hydrogen-bond donors (Lipinski definition) is 2. The van der Waals surface area contributed by atoms with Crippen molar-refractivity contribution in [3.8, 4) is 6.07 Å². The Morgan fingerprint density at radius 3 is 2.78 bits per heavy atom. The van der Waals surface area contributed by atoms with Gasteiger partial charge in [0, 0.05) is 18.5 Å². The van der Waals surface area contributed by atoms with Gasteiger partial charge in [-0.15, -0.1) is 0 Å². The number of aliphatic hydroxyl groups is 1. The van der Waals surface area contributed by atoms with E-state index in [4.69, 9.17) is 5.26 Å². The van der Waals surface area contributed by atoms with Crippen LogP contribution in [0.4, 0.5) is 0 Å². The fourth-order valence-corrected chi connectivity index (χ4v) is 3.01. The molecule has 2 aromatic carbocycles. The first-order chi connectivity index (χ1) is 11.1. The van der Waals surface area contributed by atoms with Gasteiger partial charge in [0.2, 0.25) is 0 Å². The fraction of sp³-hybridized carbons (Fsp3) is 0.263. The van der Waals surface area contributed by atoms with Crippen molar-refractivity contribution in [2.45, 2.75) is 24.9 Å². The summed E-state index contributed by atoms with van der Waals surface area (Å²) >= 11 is 0. The van der Waals surface area contributed by atoms with E-state index < -0.39 is 5.60 Å². The van der Waals surface area contributed by atoms with Crippen LogP contribution in [0.2, 0.25) is 0 Å². The van der Waals surface area contributed by atoms with Crippen molar-refractivity contribution in [2.75, 3.05) is 6.54 Å². The molecule has 0 saturated heterocycles. The summed E-state index contributed by atoms with van der Waals surface area (Å²) in [7, 11) is 0. The van der Waals surface area contributed by atoms with Crippen LogP contribution in [0.3, 0.4) is 0 Å². The van der Waals surface area contributed by atoms with Crippen molar-refractivity contribution < 1.29 is 9.90 Å². The molecule has 0 unspecified atom stereocenters. The van der Waals surface area contributed by atoms with E-state index in [1.54, 1.807) is 24.3 Å². The first kappa shape index (κ1) is 15.3. The highest BCUT2D eigenvalue weighted by Gasteiger charge is 2.32. The Morgan fingerprint density at radius 2 is 2.00 bits per heavy atom. The summed E-state index contributed by atoms with van der Waals surface area (Å²) in [6.07, 6.45) is 1.98. The molecule has 0 aliphatic heterocycles. The quantitative estimate of drug-likeness (QED) is 0.913. The van der Waals surface area contributed by atoms with Gasteiger partial charge in [0.25, 0.3) is 5.91 Å². The molecular formula is C19H18N2O2. The standard InChI is InChI=1S/C19H18N2O2/c20-12-14-4-3-7-16(10-14)18(22)21-13-19(23)9-8-15-5-1-2-6-17(15)11-19/h1-7,10,23H,8-9,11,13H2,(H,21,22)/t19-/m1/s1. The third-order valence-electron chi connectivity index (χ3n) is 4.33. The molecule has 0 aromatic heterocycles. The highest BCUT2D eigenvalue weighted by molar-refractivity contribution is 5.94. The molecule has 1 amide bonds. The van der Waals surface area contributed by atoms with Gasteiger partial charge in [0.1, 0.15) is 0 Å². The van der Waals surface area contributed by atoms with Crippen LogP contribution in [-0.2, 0) is 12.8 Å². The highest BCUT2D eigenvalue weighted by atomic mass is 16.3. The molecule has 23 heavy (non-hydrogen) atoms. The number of carbonyl (C=O) groups excluding carboxylic acids is 1. The van der Waals surface area contributed by atoms with Crippen molar-refractivity contribution >= 4 is 5.91 Å². The van der Waals surface area contributed by atoms with Crippen LogP contribution >= 0.6 is 0 Å². The molecule has 2 N–H and O–H groups in total. The summed E-state index contributed by atoms with van der Waals surface area (Å²) in [5.41, 5.74) is 2.37. The minimum atomic E-state index is -0.920. The molecule has 0 spiro atoms. The lowest BCUT2D eigenvalue weighted by molar-refractivity contribution is 0.0260. The van der Waals surface area contributed by atoms with Crippen LogP contribution < -0.4 is 5.32 Å². The molecular weight excluding hydrogens is 288 g/mol. The average molecular weight is 306 g/mol. The minimum Gasteiger partial charge on any atom is -0.388 e. The van der Waals surface area contributed by atoms with Gasteiger partial charge in [-0.3, -0.25) is 4.79 Å². The van der Waals surface area contributed by atoms with E-state index in [9.17, 15) is 9.90 Å². The molecule has 3 rings (SSSR count). The number of nitrogens with one attached hydrogen (secondary N) is 1. The molecule has 4 nitrogen and oxygen atoms in total. The van der Waals surface area contributed by atoms with E-state index in [0.717, 1.165) is 12.0 Å². The first-order valence-electron chi connectivity index (χ1n) is 7.67. The van der Waals surface area contributed by atoms with Gasteiger partial charge in [-0.05, 0) is 42.2 Å². The number of carbonyl (C=O) groups is 1. The summed E-state index contributed by atoms with van der Waals surface area (Å²) in [6, 6.07) is 16.7. The normalized spacial score (nSPS) is 19.5. The predicted molar refractivity (Wildman–Crippen MR) is 86.9 cm³/mol. The van der Waals surface area contributed by atoms with E-state index in [2.05, 4.69) is 11.4 Å². The number of hydrogen-bond acceptors (Lipinski definition) is 3. The molecule has 0 saturated carbocycles. The van der Waals surface area contributed by atoms with Gasteiger partial charge < -0.3 is 10.4 Å². The Kier molecular flexibility index (Phi) is 4.14. The summed E-state index contributed by atoms with van der Waals surface area (Å²) in [6.45, 7) is 0.205. The second-order valence-electron chi connectivity index (χ2n) is 6.05. The molecule has 0 fully saturated rings. The van der Waals surface area contributed by atoms with Gasteiger partial charge in [-0.2, -0.15) is 5.26 Å². The van der Waals surface area contributed by atoms with Crippen LogP contribution in [0, 0.1) is 11.3 Å². The van der Waals surface area contributed by atoms with E-state index in [1.165, 1.54) is 5.56 Å². The largest absolute Gasteiger partial charge is 0.388 e. The van der Waals surface area contributed by atoms with Crippen molar-refractivity contribution in [1.29, 1.82) is 5.26 Å². The summed E-state index contributed by atoms with van der Waals surface area (Å²) in [5.74, 6) is -0.269. The zero-order valence-electron chi connectivity index (χ0n) is 12.7. The average Bonchev–Trinajstić information content (AvgIpc) is 2.59. The number of fused-ring (bicyclic) bond motifs is 1. The SMILES string of the molecule is N#Cc1cccc(C(=O)NC[C@@]2(O)CCc3ccccc3C2)c1. The smallest absolute Gasteiger partial charge is 0.251 e. The molecule has 4 heteroatoms. The van der Waals surface area contributed by atoms with Crippen LogP contribution in [0.15, 0.2) is 48.5 Å². The maximum atomic E-state index is 12.2. The van der Waals surface area contributed by atoms with Gasteiger partial charge in [0.05, 0.1) is 17.2 Å². The molecule has 0 radical (unpaired) electrons. The Labute approximate surface area is 135 Å². The lowest BCUT2D eigenvalue weighted by atomic mass is 9.80. The Bertz CT molecular complexity index is 779. The maximum absolute atomic E-state index is 12.2. The summed E-state index contributed by atoms with van der Waals surface area (Å²) in [4.78, 5) is 12.2. The van der Waals surface area contributed by atoms with Gasteiger partial charge in [-0.25, -0.2) is 0 Å². The zero-order valence-corrected chi connectivity index (χ0v) is 12.7. The molecule has 116 valence electrons. The number of nitrogens with zero attached hydrogens (tertiary/aromatic N) is 1. The number of nitriles is 1. The molecule has 0 bridgehead atoms. The molecule has 2 aromatic rings. The third-order valence-corrected chi connectivity index (χ3v) is 4.33. The van der Waals surface area contributed by atoms with Crippen LogP contribution in [0.25, 0.3) is 0 Å². The molecule has 1 atom stereocenters. The van der Waals surface area contributed by atoms with Crippen LogP contribution in [0.1, 0.15) is 33.5 Å². The van der Waals surface area contributed by atoms with E-state index in [1.807, 2.05) is 24.3 Å². The van der Waals surface area contributed by atoms with Crippen molar-refractivity contribution in [3.63, 3.8) is 0 Å². The Balaban J connectivity index is 1.66. The lowest BCUT2D eigenvalue weighted by Gasteiger charge is -2.33. The Morgan fingerprint density at radius 1 is 1.22 bits per heavy atom. The first-order valence-corrected chi connectivity index (χ1v) is 7.67. The Hall–Kier alpha value is -2.64. The molecule has 1 aliphatic carbocycles. The van der Waals surface area contributed by atoms with Crippen molar-refractivity contribution in [1.82, 2.24) is 5.32 Å². The summed E-state index contributed by atoms with van der Waals surface area (Å²) < 4.78 is 0. The number of amides is 1. The van der Waals surface area contributed by atoms with Crippen molar-refractivity contribution in [2.24, 2.45) is 0 Å². The van der Waals surface area contributed by atoms with Crippen LogP contribution in [0.5, 0.6) is 0 Å². The van der Waals surface area contributed by atoms with E-state index in [0.29, 0.717) is 24.0 Å².